The first-order valence-corrected chi connectivity index (χ1v) is 5.87. The van der Waals surface area contributed by atoms with Gasteiger partial charge in [0.1, 0.15) is 0 Å². The predicted octanol–water partition coefficient (Wildman–Crippen LogP) is 2.14. The number of nitrogens with zero attached hydrogens (tertiary/aromatic N) is 2. The van der Waals surface area contributed by atoms with Crippen molar-refractivity contribution in [2.45, 2.75) is 19.1 Å². The van der Waals surface area contributed by atoms with Crippen molar-refractivity contribution in [1.29, 1.82) is 0 Å². The maximum Gasteiger partial charge on any atom is 0.433 e. The zero-order chi connectivity index (χ0) is 13.5. The van der Waals surface area contributed by atoms with Crippen LogP contribution in [0.1, 0.15) is 17.0 Å². The molecule has 0 saturated heterocycles. The SMILES string of the molecule is FC(F)(F)c1nc(-c2ccc[nH]2)nc2c1CNCC2. The van der Waals surface area contributed by atoms with E-state index in [1.54, 1.807) is 18.3 Å². The van der Waals surface area contributed by atoms with E-state index in [0.29, 0.717) is 24.4 Å². The van der Waals surface area contributed by atoms with Gasteiger partial charge in [0.15, 0.2) is 11.5 Å². The largest absolute Gasteiger partial charge is 0.433 e. The Balaban J connectivity index is 2.19. The lowest BCUT2D eigenvalue weighted by atomic mass is 10.0. The fraction of sp³-hybridized carbons (Fsp3) is 0.333. The van der Waals surface area contributed by atoms with Gasteiger partial charge in [-0.1, -0.05) is 0 Å². The van der Waals surface area contributed by atoms with Gasteiger partial charge in [-0.3, -0.25) is 0 Å². The van der Waals surface area contributed by atoms with Crippen LogP contribution in [0.3, 0.4) is 0 Å². The molecule has 4 nitrogen and oxygen atoms in total. The lowest BCUT2D eigenvalue weighted by Crippen LogP contribution is -2.29. The minimum Gasteiger partial charge on any atom is -0.359 e. The van der Waals surface area contributed by atoms with E-state index in [-0.39, 0.29) is 17.9 Å². The fourth-order valence-corrected chi connectivity index (χ4v) is 2.17. The summed E-state index contributed by atoms with van der Waals surface area (Å²) in [7, 11) is 0. The van der Waals surface area contributed by atoms with E-state index in [2.05, 4.69) is 20.3 Å². The Morgan fingerprint density at radius 2 is 2.05 bits per heavy atom. The topological polar surface area (TPSA) is 53.6 Å². The molecular formula is C12H11F3N4. The van der Waals surface area contributed by atoms with Gasteiger partial charge in [0.05, 0.1) is 11.4 Å². The Morgan fingerprint density at radius 1 is 1.21 bits per heavy atom. The van der Waals surface area contributed by atoms with Crippen LogP contribution < -0.4 is 5.32 Å². The molecule has 0 atom stereocenters. The smallest absolute Gasteiger partial charge is 0.359 e. The van der Waals surface area contributed by atoms with Crippen molar-refractivity contribution in [2.24, 2.45) is 0 Å². The molecule has 1 aliphatic rings. The summed E-state index contributed by atoms with van der Waals surface area (Å²) in [6.07, 6.45) is -2.35. The number of alkyl halides is 3. The maximum absolute atomic E-state index is 13.1. The summed E-state index contributed by atoms with van der Waals surface area (Å²) in [5.41, 5.74) is 0.292. The molecule has 2 N–H and O–H groups in total. The molecule has 1 aliphatic heterocycles. The highest BCUT2D eigenvalue weighted by atomic mass is 19.4. The summed E-state index contributed by atoms with van der Waals surface area (Å²) in [5, 5.41) is 2.92. The van der Waals surface area contributed by atoms with Gasteiger partial charge in [-0.15, -0.1) is 0 Å². The average Bonchev–Trinajstić information content (AvgIpc) is 2.90. The molecular weight excluding hydrogens is 257 g/mol. The number of aromatic amines is 1. The van der Waals surface area contributed by atoms with Gasteiger partial charge in [-0.05, 0) is 12.1 Å². The van der Waals surface area contributed by atoms with Crippen LogP contribution in [0.5, 0.6) is 0 Å². The number of nitrogens with one attached hydrogen (secondary N) is 2. The first-order chi connectivity index (χ1) is 9.05. The normalized spacial score (nSPS) is 15.3. The number of hydrogen-bond acceptors (Lipinski definition) is 3. The van der Waals surface area contributed by atoms with E-state index >= 15 is 0 Å². The van der Waals surface area contributed by atoms with Gasteiger partial charge in [0.2, 0.25) is 0 Å². The quantitative estimate of drug-likeness (QED) is 0.833. The van der Waals surface area contributed by atoms with Crippen LogP contribution in [0.4, 0.5) is 13.2 Å². The van der Waals surface area contributed by atoms with Crippen molar-refractivity contribution in [1.82, 2.24) is 20.3 Å². The summed E-state index contributed by atoms with van der Waals surface area (Å²) in [6.45, 7) is 0.792. The van der Waals surface area contributed by atoms with Crippen LogP contribution in [0, 0.1) is 0 Å². The molecule has 0 bridgehead atoms. The van der Waals surface area contributed by atoms with Gasteiger partial charge in [-0.2, -0.15) is 13.2 Å². The highest BCUT2D eigenvalue weighted by Gasteiger charge is 2.38. The first-order valence-electron chi connectivity index (χ1n) is 5.87. The molecule has 19 heavy (non-hydrogen) atoms. The molecule has 0 aliphatic carbocycles. The van der Waals surface area contributed by atoms with Crippen molar-refractivity contribution < 1.29 is 13.2 Å². The van der Waals surface area contributed by atoms with E-state index < -0.39 is 11.9 Å². The molecule has 0 unspecified atom stereocenters. The third-order valence-corrected chi connectivity index (χ3v) is 3.04. The highest BCUT2D eigenvalue weighted by Crippen LogP contribution is 2.33. The molecule has 0 spiro atoms. The number of rotatable bonds is 1. The molecule has 3 rings (SSSR count). The average molecular weight is 268 g/mol. The van der Waals surface area contributed by atoms with Crippen molar-refractivity contribution in [3.05, 3.63) is 35.3 Å². The number of hydrogen-bond donors (Lipinski definition) is 2. The molecule has 2 aromatic heterocycles. The maximum atomic E-state index is 13.1. The van der Waals surface area contributed by atoms with Crippen molar-refractivity contribution in [2.75, 3.05) is 6.54 Å². The van der Waals surface area contributed by atoms with Gasteiger partial charge >= 0.3 is 6.18 Å². The third-order valence-electron chi connectivity index (χ3n) is 3.04. The monoisotopic (exact) mass is 268 g/mol. The lowest BCUT2D eigenvalue weighted by Gasteiger charge is -2.20. The van der Waals surface area contributed by atoms with Crippen LogP contribution in [0.15, 0.2) is 18.3 Å². The van der Waals surface area contributed by atoms with Crippen LogP contribution in [-0.2, 0) is 19.1 Å². The lowest BCUT2D eigenvalue weighted by molar-refractivity contribution is -0.142. The van der Waals surface area contributed by atoms with E-state index in [1.807, 2.05) is 0 Å². The molecule has 2 aromatic rings. The second-order valence-corrected chi connectivity index (χ2v) is 4.33. The fourth-order valence-electron chi connectivity index (χ4n) is 2.17. The Labute approximate surface area is 107 Å². The zero-order valence-electron chi connectivity index (χ0n) is 9.88. The summed E-state index contributed by atoms with van der Waals surface area (Å²) in [6, 6.07) is 3.36. The Kier molecular flexibility index (Phi) is 2.78. The van der Waals surface area contributed by atoms with Crippen LogP contribution in [0.25, 0.3) is 11.5 Å². The summed E-state index contributed by atoms with van der Waals surface area (Å²) >= 11 is 0. The van der Waals surface area contributed by atoms with Gasteiger partial charge < -0.3 is 10.3 Å². The number of aromatic nitrogens is 3. The van der Waals surface area contributed by atoms with Gasteiger partial charge in [-0.25, -0.2) is 9.97 Å². The molecule has 3 heterocycles. The van der Waals surface area contributed by atoms with Gasteiger partial charge in [0.25, 0.3) is 0 Å². The van der Waals surface area contributed by atoms with Gasteiger partial charge in [0, 0.05) is 31.3 Å². The predicted molar refractivity (Wildman–Crippen MR) is 62.2 cm³/mol. The standard InChI is InChI=1S/C12H11F3N4/c13-12(14,15)10-7-6-16-5-3-8(7)18-11(19-10)9-2-1-4-17-9/h1-2,4,16-17H,3,5-6H2. The molecule has 0 aromatic carbocycles. The Bertz CT molecular complexity index is 590. The van der Waals surface area contributed by atoms with Crippen molar-refractivity contribution >= 4 is 0 Å². The van der Waals surface area contributed by atoms with E-state index in [1.165, 1.54) is 0 Å². The molecule has 0 saturated carbocycles. The van der Waals surface area contributed by atoms with E-state index in [0.717, 1.165) is 0 Å². The second-order valence-electron chi connectivity index (χ2n) is 4.33. The minimum absolute atomic E-state index is 0.0953. The number of H-pyrrole nitrogens is 1. The minimum atomic E-state index is -4.46. The summed E-state index contributed by atoms with van der Waals surface area (Å²) in [4.78, 5) is 10.8. The molecule has 0 fully saturated rings. The van der Waals surface area contributed by atoms with E-state index in [4.69, 9.17) is 0 Å². The molecule has 7 heteroatoms. The zero-order valence-corrected chi connectivity index (χ0v) is 9.88. The second kappa shape index (κ2) is 4.34. The molecule has 0 radical (unpaired) electrons. The Hall–Kier alpha value is -1.89. The number of halogens is 3. The first kappa shape index (κ1) is 12.2. The summed E-state index contributed by atoms with van der Waals surface area (Å²) in [5.74, 6) is 0.0953. The number of fused-ring (bicyclic) bond motifs is 1. The highest BCUT2D eigenvalue weighted by molar-refractivity contribution is 5.51. The van der Waals surface area contributed by atoms with Crippen LogP contribution >= 0.6 is 0 Å². The van der Waals surface area contributed by atoms with Crippen molar-refractivity contribution in [3.8, 4) is 11.5 Å². The van der Waals surface area contributed by atoms with Crippen LogP contribution in [-0.4, -0.2) is 21.5 Å². The van der Waals surface area contributed by atoms with Crippen LogP contribution in [0.2, 0.25) is 0 Å². The Morgan fingerprint density at radius 3 is 2.74 bits per heavy atom. The molecule has 100 valence electrons. The summed E-state index contributed by atoms with van der Waals surface area (Å²) < 4.78 is 39.2. The van der Waals surface area contributed by atoms with E-state index in [9.17, 15) is 13.2 Å². The molecule has 0 amide bonds. The van der Waals surface area contributed by atoms with Crippen molar-refractivity contribution in [3.63, 3.8) is 0 Å². The third kappa shape index (κ3) is 2.21.